The lowest BCUT2D eigenvalue weighted by atomic mass is 10.0. The Labute approximate surface area is 140 Å². The van der Waals surface area contributed by atoms with E-state index >= 15 is 0 Å². The second-order valence-electron chi connectivity index (χ2n) is 4.63. The van der Waals surface area contributed by atoms with Crippen LogP contribution in [0.5, 0.6) is 11.5 Å². The quantitative estimate of drug-likeness (QED) is 0.466. The molecule has 128 valence electrons. The number of benzene rings is 2. The number of rotatable bonds is 5. The molecule has 0 radical (unpaired) electrons. The van der Waals surface area contributed by atoms with Crippen LogP contribution in [0.2, 0.25) is 0 Å². The highest BCUT2D eigenvalue weighted by Crippen LogP contribution is 2.32. The molecule has 0 bridgehead atoms. The van der Waals surface area contributed by atoms with Gasteiger partial charge in [-0.05, 0) is 24.3 Å². The number of halogens is 3. The Kier molecular flexibility index (Phi) is 5.38. The van der Waals surface area contributed by atoms with Crippen molar-refractivity contribution in [2.45, 2.75) is 0 Å². The van der Waals surface area contributed by atoms with E-state index in [1.807, 2.05) is 0 Å². The van der Waals surface area contributed by atoms with Crippen molar-refractivity contribution in [2.24, 2.45) is 0 Å². The van der Waals surface area contributed by atoms with E-state index in [1.165, 1.54) is 6.07 Å². The van der Waals surface area contributed by atoms with Crippen LogP contribution < -0.4 is 9.47 Å². The van der Waals surface area contributed by atoms with Crippen LogP contribution in [0.3, 0.4) is 0 Å². The molecule has 2 rings (SSSR count). The molecule has 0 amide bonds. The molecule has 0 unspecified atom stereocenters. The standard InChI is InChI=1S/C18H11F3O4/c1-3-15(22)24-10-5-6-11(13(19)9-10)12-7-8-14(18(21)17(12)20)25-16(23)4-2/h3-9H,1-2H2. The predicted octanol–water partition coefficient (Wildman–Crippen LogP) is 3.95. The summed E-state index contributed by atoms with van der Waals surface area (Å²) in [4.78, 5) is 22.1. The molecule has 2 aromatic carbocycles. The molecule has 0 spiro atoms. The summed E-state index contributed by atoms with van der Waals surface area (Å²) >= 11 is 0. The Balaban J connectivity index is 2.40. The van der Waals surface area contributed by atoms with Gasteiger partial charge >= 0.3 is 11.9 Å². The number of carbonyl (C=O) groups excluding carboxylic acids is 2. The van der Waals surface area contributed by atoms with E-state index in [9.17, 15) is 22.8 Å². The minimum atomic E-state index is -1.45. The van der Waals surface area contributed by atoms with Crippen LogP contribution in [0, 0.1) is 17.5 Å². The van der Waals surface area contributed by atoms with Crippen molar-refractivity contribution in [1.29, 1.82) is 0 Å². The third kappa shape index (κ3) is 3.95. The molecular formula is C18H11F3O4. The molecule has 0 saturated heterocycles. The zero-order chi connectivity index (χ0) is 18.6. The fourth-order valence-corrected chi connectivity index (χ4v) is 1.90. The Morgan fingerprint density at radius 1 is 0.840 bits per heavy atom. The summed E-state index contributed by atoms with van der Waals surface area (Å²) in [7, 11) is 0. The molecule has 0 atom stereocenters. The second-order valence-corrected chi connectivity index (χ2v) is 4.63. The van der Waals surface area contributed by atoms with E-state index in [2.05, 4.69) is 17.9 Å². The number of carbonyl (C=O) groups is 2. The van der Waals surface area contributed by atoms with Gasteiger partial charge in [-0.2, -0.15) is 4.39 Å². The van der Waals surface area contributed by atoms with Crippen LogP contribution in [0.15, 0.2) is 55.6 Å². The Morgan fingerprint density at radius 2 is 1.44 bits per heavy atom. The van der Waals surface area contributed by atoms with Gasteiger partial charge in [0.25, 0.3) is 0 Å². The van der Waals surface area contributed by atoms with E-state index in [1.54, 1.807) is 0 Å². The normalized spacial score (nSPS) is 10.0. The third-order valence-electron chi connectivity index (χ3n) is 3.04. The summed E-state index contributed by atoms with van der Waals surface area (Å²) in [6, 6.07) is 5.22. The highest BCUT2D eigenvalue weighted by Gasteiger charge is 2.19. The van der Waals surface area contributed by atoms with Gasteiger partial charge in [-0.1, -0.05) is 13.2 Å². The van der Waals surface area contributed by atoms with Gasteiger partial charge < -0.3 is 9.47 Å². The molecule has 0 aliphatic heterocycles. The molecule has 2 aromatic rings. The lowest BCUT2D eigenvalue weighted by Gasteiger charge is -2.10. The van der Waals surface area contributed by atoms with Gasteiger partial charge in [-0.3, -0.25) is 0 Å². The Morgan fingerprint density at radius 3 is 2.04 bits per heavy atom. The second kappa shape index (κ2) is 7.48. The van der Waals surface area contributed by atoms with Crippen molar-refractivity contribution < 1.29 is 32.2 Å². The van der Waals surface area contributed by atoms with Crippen molar-refractivity contribution in [3.8, 4) is 22.6 Å². The fourth-order valence-electron chi connectivity index (χ4n) is 1.90. The monoisotopic (exact) mass is 348 g/mol. The van der Waals surface area contributed by atoms with Gasteiger partial charge in [0.05, 0.1) is 0 Å². The van der Waals surface area contributed by atoms with Gasteiger partial charge in [-0.25, -0.2) is 18.4 Å². The molecular weight excluding hydrogens is 337 g/mol. The predicted molar refractivity (Wildman–Crippen MR) is 83.4 cm³/mol. The molecule has 0 saturated carbocycles. The van der Waals surface area contributed by atoms with Crippen molar-refractivity contribution in [3.05, 3.63) is 73.1 Å². The first-order valence-corrected chi connectivity index (χ1v) is 6.83. The highest BCUT2D eigenvalue weighted by atomic mass is 19.2. The molecule has 0 fully saturated rings. The van der Waals surface area contributed by atoms with Crippen LogP contribution in [-0.4, -0.2) is 11.9 Å². The summed E-state index contributed by atoms with van der Waals surface area (Å²) in [5, 5.41) is 0. The molecule has 0 aliphatic rings. The summed E-state index contributed by atoms with van der Waals surface area (Å²) in [6.07, 6.45) is 1.68. The first kappa shape index (κ1) is 18.0. The fraction of sp³-hybridized carbons (Fsp3) is 0. The minimum Gasteiger partial charge on any atom is -0.423 e. The van der Waals surface area contributed by atoms with Crippen molar-refractivity contribution >= 4 is 11.9 Å². The van der Waals surface area contributed by atoms with Gasteiger partial charge in [0.15, 0.2) is 11.6 Å². The SMILES string of the molecule is C=CC(=O)Oc1ccc(-c2ccc(OC(=O)C=C)c(F)c2F)c(F)c1. The van der Waals surface area contributed by atoms with E-state index in [0.717, 1.165) is 36.4 Å². The summed E-state index contributed by atoms with van der Waals surface area (Å²) < 4.78 is 51.6. The van der Waals surface area contributed by atoms with E-state index in [-0.39, 0.29) is 11.3 Å². The zero-order valence-electron chi connectivity index (χ0n) is 12.7. The maximum Gasteiger partial charge on any atom is 0.335 e. The van der Waals surface area contributed by atoms with E-state index in [0.29, 0.717) is 0 Å². The van der Waals surface area contributed by atoms with Gasteiger partial charge in [0, 0.05) is 29.3 Å². The molecule has 0 aromatic heterocycles. The number of esters is 2. The van der Waals surface area contributed by atoms with Crippen LogP contribution >= 0.6 is 0 Å². The molecule has 0 N–H and O–H groups in total. The van der Waals surface area contributed by atoms with Gasteiger partial charge in [0.2, 0.25) is 5.82 Å². The molecule has 4 nitrogen and oxygen atoms in total. The highest BCUT2D eigenvalue weighted by molar-refractivity contribution is 5.84. The van der Waals surface area contributed by atoms with Crippen LogP contribution in [-0.2, 0) is 9.59 Å². The maximum absolute atomic E-state index is 14.2. The minimum absolute atomic E-state index is 0.122. The van der Waals surface area contributed by atoms with E-state index in [4.69, 9.17) is 4.74 Å². The topological polar surface area (TPSA) is 52.6 Å². The van der Waals surface area contributed by atoms with Crippen LogP contribution in [0.1, 0.15) is 0 Å². The number of hydrogen-bond donors (Lipinski definition) is 0. The van der Waals surface area contributed by atoms with Crippen molar-refractivity contribution in [1.82, 2.24) is 0 Å². The lowest BCUT2D eigenvalue weighted by molar-refractivity contribution is -0.130. The van der Waals surface area contributed by atoms with Crippen molar-refractivity contribution in [3.63, 3.8) is 0 Å². The smallest absolute Gasteiger partial charge is 0.335 e. The largest absolute Gasteiger partial charge is 0.423 e. The van der Waals surface area contributed by atoms with E-state index < -0.39 is 40.7 Å². The van der Waals surface area contributed by atoms with Crippen LogP contribution in [0.25, 0.3) is 11.1 Å². The molecule has 7 heteroatoms. The van der Waals surface area contributed by atoms with Gasteiger partial charge in [0.1, 0.15) is 11.6 Å². The number of ether oxygens (including phenoxy) is 2. The number of hydrogen-bond acceptors (Lipinski definition) is 4. The first-order valence-electron chi connectivity index (χ1n) is 6.83. The summed E-state index contributed by atoms with van der Waals surface area (Å²) in [5.74, 6) is -6.32. The average molecular weight is 348 g/mol. The first-order chi connectivity index (χ1) is 11.9. The summed E-state index contributed by atoms with van der Waals surface area (Å²) in [5.41, 5.74) is -0.661. The maximum atomic E-state index is 14.2. The molecule has 0 aliphatic carbocycles. The Hall–Kier alpha value is -3.35. The average Bonchev–Trinajstić information content (AvgIpc) is 2.59. The van der Waals surface area contributed by atoms with Crippen molar-refractivity contribution in [2.75, 3.05) is 0 Å². The lowest BCUT2D eigenvalue weighted by Crippen LogP contribution is -2.06. The van der Waals surface area contributed by atoms with Crippen LogP contribution in [0.4, 0.5) is 13.2 Å². The van der Waals surface area contributed by atoms with Gasteiger partial charge in [-0.15, -0.1) is 0 Å². The Bertz CT molecular complexity index is 875. The molecule has 25 heavy (non-hydrogen) atoms. The summed E-state index contributed by atoms with van der Waals surface area (Å²) in [6.45, 7) is 6.34. The third-order valence-corrected chi connectivity index (χ3v) is 3.04. The molecule has 0 heterocycles. The zero-order valence-corrected chi connectivity index (χ0v) is 12.7.